The van der Waals surface area contributed by atoms with Crippen molar-refractivity contribution in [2.45, 2.75) is 250 Å². The molecule has 14 nitrogen and oxygen atoms in total. The average Bonchev–Trinajstić information content (AvgIpc) is 3.24. The zero-order chi connectivity index (χ0) is 53.1. The fourth-order valence-electron chi connectivity index (χ4n) is 7.66. The number of hydrogen-bond acceptors (Lipinski definition) is 8. The summed E-state index contributed by atoms with van der Waals surface area (Å²) in [5.41, 5.74) is 15.4. The first kappa shape index (κ1) is 96.5. The van der Waals surface area contributed by atoms with E-state index in [0.29, 0.717) is 5.78 Å². The van der Waals surface area contributed by atoms with Crippen LogP contribution in [0.25, 0.3) is 4.85 Å². The van der Waals surface area contributed by atoms with Gasteiger partial charge >= 0.3 is 84.8 Å². The van der Waals surface area contributed by atoms with Gasteiger partial charge in [-0.3, -0.25) is 28.3 Å². The van der Waals surface area contributed by atoms with Gasteiger partial charge in [-0.05, 0) is 94.4 Å². The zero-order valence-electron chi connectivity index (χ0n) is 44.3. The Morgan fingerprint density at radius 1 is 0.732 bits per heavy atom. The second-order valence-electron chi connectivity index (χ2n) is 16.9. The molecule has 418 valence electrons. The topological polar surface area (TPSA) is 261 Å². The number of carboxylic acids is 1. The number of hydrogen-bond donors (Lipinski definition) is 8. The van der Waals surface area contributed by atoms with Gasteiger partial charge in [-0.25, -0.2) is 6.57 Å². The zero-order valence-corrected chi connectivity index (χ0v) is 60.1. The number of carbonyl (C=O) groups excluding carboxylic acids is 2. The van der Waals surface area contributed by atoms with Crippen LogP contribution in [0.4, 0.5) is 0 Å². The van der Waals surface area contributed by atoms with Crippen molar-refractivity contribution in [1.29, 1.82) is 0 Å². The number of nitrogens with two attached hydrogens (primary N) is 3. The summed E-state index contributed by atoms with van der Waals surface area (Å²) in [4.78, 5) is 34.0. The summed E-state index contributed by atoms with van der Waals surface area (Å²) in [7, 11) is -4.67. The maximum Gasteiger partial charge on any atom is 2.00 e. The van der Waals surface area contributed by atoms with Crippen LogP contribution in [0.5, 0.6) is 0 Å². The first-order chi connectivity index (χ1) is 31.5. The van der Waals surface area contributed by atoms with Crippen molar-refractivity contribution < 1.29 is 134 Å². The predicted octanol–water partition coefficient (Wildman–Crippen LogP) is 4.22. The first-order valence-electron chi connectivity index (χ1n) is 24.1. The number of halogens is 6. The molecule has 0 bridgehead atoms. The minimum absolute atomic E-state index is 0. The molecule has 11 N–H and O–H groups in total. The third kappa shape index (κ3) is 84.7. The van der Waals surface area contributed by atoms with Crippen LogP contribution in [0.2, 0.25) is 0 Å². The van der Waals surface area contributed by atoms with E-state index < -0.39 is 16.4 Å². The van der Waals surface area contributed by atoms with Crippen LogP contribution in [0.3, 0.4) is 0 Å². The number of carbonyl (C=O) groups is 3. The first-order valence-corrected chi connectivity index (χ1v) is 33.3. The number of aliphatic hydroxyl groups is 1. The number of nitrogens with zero attached hydrogens (tertiary/aromatic N) is 1. The standard InChI is InChI=1S/C12H22ClNO.C10H21N.C10H20O.C8H14O.C2H2ClN.C2H4O2.C2H5.CH4N2S.BrH.I2.HI.K.Mg.H2O4S/c1-2-12(14-11(15)10-13)8-6-4-3-5-7-9-12;2*1-2-10(11)8-6-4-3-5-7-9-10;9-8-6-4-2-1-3-5-7-8;1-4-2-3;1-2(3)4;1-2;2-1(3)4;;1-2;;;;1-5(2,3)4/h2-10H2,1H3,(H,14,15);2-9,11H2,1H3;11H,2-9H2,1H3;1-7H2;2H2;1H3,(H,3,4);1H2,2H3;(H4,2,3,4);1H;;1H;;;(H2,1,2,3,4)/q;;;;;;-1;;;;;+1;+2;/p-2. The Morgan fingerprint density at radius 3 is 1.23 bits per heavy atom. The fourth-order valence-corrected chi connectivity index (χ4v) is 7.72. The van der Waals surface area contributed by atoms with Gasteiger partial charge in [0.2, 0.25) is 5.91 Å². The third-order valence-corrected chi connectivity index (χ3v) is 11.8. The summed E-state index contributed by atoms with van der Waals surface area (Å²) >= 11 is 18.7. The van der Waals surface area contributed by atoms with Gasteiger partial charge in [0.25, 0.3) is 12.0 Å². The molecule has 0 radical (unpaired) electrons. The van der Waals surface area contributed by atoms with Crippen molar-refractivity contribution in [2.24, 2.45) is 17.2 Å². The molecule has 71 heavy (non-hydrogen) atoms. The Balaban J connectivity index is -0.0000000765. The number of carboxylic acid groups (broad SMARTS) is 1. The van der Waals surface area contributed by atoms with E-state index in [1.807, 2.05) is 0 Å². The summed E-state index contributed by atoms with van der Waals surface area (Å²) in [5, 5.41) is 20.5. The SMILES string of the molecule is CC(=O)O.CCC1(N)CCCCCCC1.CCC1(NC(=O)CCl)CCCCCCC1.CCC1(O)CCCCCCC1.II.NC(N)=S.O=C1CCCCCCC1.O=S(=O)(O)O.[Br-].[C-]#[N+]CCl.[CH2-]C.[I-].[K+].[Mg+2]. The third-order valence-electron chi connectivity index (χ3n) is 11.5. The van der Waals surface area contributed by atoms with E-state index in [1.165, 1.54) is 128 Å². The number of alkyl halides is 2. The van der Waals surface area contributed by atoms with Crippen molar-refractivity contribution >= 4 is 129 Å². The summed E-state index contributed by atoms with van der Waals surface area (Å²) in [5.74, 6) is -0.282. The molecule has 4 aliphatic carbocycles. The minimum atomic E-state index is -4.67. The molecular weight excluding hydrogens is 1440 g/mol. The van der Waals surface area contributed by atoms with Gasteiger partial charge in [-0.15, -0.1) is 11.6 Å². The van der Waals surface area contributed by atoms with E-state index >= 15 is 0 Å². The molecular formula is C47H94BrCl2I3KMgN5O9S2. The second-order valence-corrected chi connectivity index (χ2v) is 18.7. The molecule has 4 fully saturated rings. The summed E-state index contributed by atoms with van der Waals surface area (Å²) < 4.78 is 31.6. The van der Waals surface area contributed by atoms with Gasteiger partial charge in [-0.2, -0.15) is 15.3 Å². The molecule has 0 unspecified atom stereocenters. The van der Waals surface area contributed by atoms with Gasteiger partial charge in [0, 0.05) is 68.1 Å². The van der Waals surface area contributed by atoms with Crippen LogP contribution < -0.4 is 115 Å². The van der Waals surface area contributed by atoms with Gasteiger partial charge in [0.05, 0.1) is 5.60 Å². The van der Waals surface area contributed by atoms with E-state index in [2.05, 4.69) is 98.8 Å². The van der Waals surface area contributed by atoms with Crippen LogP contribution >= 0.6 is 72.7 Å². The van der Waals surface area contributed by atoms with Crippen LogP contribution in [0.15, 0.2) is 0 Å². The summed E-state index contributed by atoms with van der Waals surface area (Å²) in [6.07, 6.45) is 37.6. The quantitative estimate of drug-likeness (QED) is 0.0366. The number of ketones is 1. The molecule has 4 rings (SSSR count). The molecule has 0 heterocycles. The number of Topliss-reactive ketones (excluding diaryl/α,β-unsaturated/α-hetero) is 1. The molecule has 4 saturated carbocycles. The number of aliphatic carboxylic acids is 1. The van der Waals surface area contributed by atoms with E-state index in [1.54, 1.807) is 6.92 Å². The molecule has 0 aromatic rings. The van der Waals surface area contributed by atoms with Crippen LogP contribution in [-0.2, 0) is 24.8 Å². The summed E-state index contributed by atoms with van der Waals surface area (Å²) in [6, 6.07) is 0.0833. The molecule has 0 aromatic carbocycles. The average molecular weight is 1530 g/mol. The van der Waals surface area contributed by atoms with Crippen LogP contribution in [0.1, 0.15) is 234 Å². The van der Waals surface area contributed by atoms with Crippen molar-refractivity contribution in [1.82, 2.24) is 5.32 Å². The fraction of sp³-hybridized carbons (Fsp3) is 0.872. The maximum atomic E-state index is 11.4. The van der Waals surface area contributed by atoms with Crippen LogP contribution in [0, 0.1) is 13.5 Å². The number of rotatable bonds is 5. The largest absolute Gasteiger partial charge is 2.00 e. The molecule has 4 aliphatic rings. The van der Waals surface area contributed by atoms with Gasteiger partial charge in [0.1, 0.15) is 11.7 Å². The molecule has 0 saturated heterocycles. The van der Waals surface area contributed by atoms with E-state index in [0.717, 1.165) is 77.6 Å². The van der Waals surface area contributed by atoms with Gasteiger partial charge in [0.15, 0.2) is 5.11 Å². The Bertz CT molecular complexity index is 1260. The van der Waals surface area contributed by atoms with E-state index in [9.17, 15) is 14.7 Å². The Morgan fingerprint density at radius 2 is 0.986 bits per heavy atom. The molecule has 0 atom stereocenters. The van der Waals surface area contributed by atoms with Crippen molar-refractivity contribution in [3.8, 4) is 0 Å². The molecule has 24 heteroatoms. The van der Waals surface area contributed by atoms with E-state index in [4.69, 9.17) is 62.9 Å². The van der Waals surface area contributed by atoms with Crippen molar-refractivity contribution in [3.63, 3.8) is 0 Å². The number of nitrogens with one attached hydrogen (secondary N) is 1. The Hall–Kier alpha value is 3.23. The van der Waals surface area contributed by atoms with Gasteiger partial charge in [-0.1, -0.05) is 136 Å². The number of thiocarbonyl (C=S) groups is 1. The van der Waals surface area contributed by atoms with Gasteiger partial charge < -0.3 is 80.6 Å². The number of amides is 1. The van der Waals surface area contributed by atoms with Crippen molar-refractivity contribution in [3.05, 3.63) is 18.3 Å². The molecule has 0 spiro atoms. The maximum absolute atomic E-state index is 11.4. The smallest absolute Gasteiger partial charge is 1.00 e. The van der Waals surface area contributed by atoms with Crippen LogP contribution in [-0.4, -0.2) is 102 Å². The second kappa shape index (κ2) is 69.3. The molecule has 0 aliphatic heterocycles. The predicted molar refractivity (Wildman–Crippen MR) is 309 cm³/mol. The van der Waals surface area contributed by atoms with E-state index in [-0.39, 0.29) is 155 Å². The van der Waals surface area contributed by atoms with Crippen molar-refractivity contribution in [2.75, 3.05) is 11.9 Å². The molecule has 0 aromatic heterocycles. The normalized spacial score (nSPS) is 17.3. The Kier molecular flexibility index (Phi) is 94.2. The Labute approximate surface area is 558 Å². The monoisotopic (exact) mass is 1530 g/mol. The minimum Gasteiger partial charge on any atom is -1.00 e. The summed E-state index contributed by atoms with van der Waals surface area (Å²) in [6.45, 7) is 18.5. The molecule has 1 amide bonds.